The zero-order valence-electron chi connectivity index (χ0n) is 14.4. The first-order valence-corrected chi connectivity index (χ1v) is 9.18. The molecule has 0 N–H and O–H groups in total. The Morgan fingerprint density at radius 2 is 2.12 bits per heavy atom. The van der Waals surface area contributed by atoms with E-state index in [1.165, 1.54) is 5.57 Å². The van der Waals surface area contributed by atoms with Crippen molar-refractivity contribution in [2.45, 2.75) is 51.9 Å². The molecule has 0 aromatic rings. The van der Waals surface area contributed by atoms with Crippen LogP contribution in [-0.4, -0.2) is 25.2 Å². The van der Waals surface area contributed by atoms with Gasteiger partial charge in [-0.05, 0) is 56.4 Å². The van der Waals surface area contributed by atoms with Gasteiger partial charge in [0.2, 0.25) is 0 Å². The van der Waals surface area contributed by atoms with Gasteiger partial charge in [-0.15, -0.1) is 0 Å². The Balaban J connectivity index is 1.65. The van der Waals surface area contributed by atoms with Crippen molar-refractivity contribution >= 4 is 11.9 Å². The maximum Gasteiger partial charge on any atom is 0.334 e. The van der Waals surface area contributed by atoms with Crippen molar-refractivity contribution in [1.82, 2.24) is 0 Å². The van der Waals surface area contributed by atoms with E-state index in [1.807, 2.05) is 6.08 Å². The summed E-state index contributed by atoms with van der Waals surface area (Å²) >= 11 is 0. The molecule has 0 spiro atoms. The third-order valence-electron chi connectivity index (χ3n) is 7.09. The average molecular weight is 330 g/mol. The summed E-state index contributed by atoms with van der Waals surface area (Å²) in [5.41, 5.74) is 1.62. The highest BCUT2D eigenvalue weighted by Crippen LogP contribution is 2.64. The van der Waals surface area contributed by atoms with Crippen molar-refractivity contribution in [2.24, 2.45) is 22.7 Å². The normalized spacial score (nSPS) is 41.4. The van der Waals surface area contributed by atoms with Crippen LogP contribution in [0.15, 0.2) is 23.8 Å². The molecule has 2 bridgehead atoms. The summed E-state index contributed by atoms with van der Waals surface area (Å²) in [6.07, 6.45) is 8.49. The lowest BCUT2D eigenvalue weighted by Gasteiger charge is -2.61. The summed E-state index contributed by atoms with van der Waals surface area (Å²) in [7, 11) is 0. The highest BCUT2D eigenvalue weighted by molar-refractivity contribution is 5.90. The molecular formula is C20H26O4. The summed E-state index contributed by atoms with van der Waals surface area (Å²) in [6.45, 7) is 7.55. The Morgan fingerprint density at radius 3 is 2.88 bits per heavy atom. The molecule has 4 nitrogen and oxygen atoms in total. The number of carbonyl (C=O) groups is 2. The van der Waals surface area contributed by atoms with Crippen molar-refractivity contribution in [3.05, 3.63) is 23.8 Å². The Kier molecular flexibility index (Phi) is 3.63. The predicted octanol–water partition coefficient (Wildman–Crippen LogP) is 3.57. The highest BCUT2D eigenvalue weighted by Gasteiger charge is 2.64. The Labute approximate surface area is 143 Å². The minimum atomic E-state index is -0.413. The van der Waals surface area contributed by atoms with Crippen LogP contribution in [0.4, 0.5) is 0 Å². The molecule has 4 aliphatic rings. The lowest BCUT2D eigenvalue weighted by Crippen LogP contribution is -2.61. The Hall–Kier alpha value is -1.58. The highest BCUT2D eigenvalue weighted by atomic mass is 16.5. The summed E-state index contributed by atoms with van der Waals surface area (Å²) < 4.78 is 10.7. The van der Waals surface area contributed by atoms with Crippen molar-refractivity contribution in [1.29, 1.82) is 0 Å². The molecule has 0 unspecified atom stereocenters. The number of hydrogen-bond acceptors (Lipinski definition) is 4. The molecule has 2 saturated carbocycles. The van der Waals surface area contributed by atoms with Gasteiger partial charge in [-0.2, -0.15) is 0 Å². The van der Waals surface area contributed by atoms with Crippen molar-refractivity contribution in [2.75, 3.05) is 13.2 Å². The lowest BCUT2D eigenvalue weighted by molar-refractivity contribution is -0.207. The Bertz CT molecular complexity index is 634. The fourth-order valence-electron chi connectivity index (χ4n) is 5.93. The SMILES string of the molecule is C=C1CC[C@@H]2[C@@]3(C)CCC[C@@]2(C(=O)OC3)[C@@H]1CCC1=CCOC1=O. The first kappa shape index (κ1) is 15.9. The van der Waals surface area contributed by atoms with E-state index >= 15 is 0 Å². The van der Waals surface area contributed by atoms with E-state index in [1.54, 1.807) is 0 Å². The number of allylic oxidation sites excluding steroid dienone is 1. The third kappa shape index (κ3) is 2.11. The first-order valence-electron chi connectivity index (χ1n) is 9.18. The molecule has 0 aromatic heterocycles. The topological polar surface area (TPSA) is 52.6 Å². The second-order valence-electron chi connectivity index (χ2n) is 8.29. The number of esters is 2. The second-order valence-corrected chi connectivity index (χ2v) is 8.29. The van der Waals surface area contributed by atoms with E-state index in [-0.39, 0.29) is 23.3 Å². The molecule has 0 aromatic carbocycles. The molecule has 0 radical (unpaired) electrons. The van der Waals surface area contributed by atoms with Crippen LogP contribution < -0.4 is 0 Å². The average Bonchev–Trinajstić information content (AvgIpc) is 2.96. The molecular weight excluding hydrogens is 304 g/mol. The van der Waals surface area contributed by atoms with Gasteiger partial charge >= 0.3 is 11.9 Å². The largest absolute Gasteiger partial charge is 0.465 e. The third-order valence-corrected chi connectivity index (χ3v) is 7.09. The fraction of sp³-hybridized carbons (Fsp3) is 0.700. The van der Waals surface area contributed by atoms with Gasteiger partial charge in [0, 0.05) is 11.0 Å². The number of hydrogen-bond donors (Lipinski definition) is 0. The van der Waals surface area contributed by atoms with Crippen molar-refractivity contribution < 1.29 is 19.1 Å². The quantitative estimate of drug-likeness (QED) is 0.586. The fourth-order valence-corrected chi connectivity index (χ4v) is 5.93. The predicted molar refractivity (Wildman–Crippen MR) is 89.0 cm³/mol. The zero-order valence-corrected chi connectivity index (χ0v) is 14.4. The van der Waals surface area contributed by atoms with Crippen LogP contribution in [0.3, 0.4) is 0 Å². The molecule has 4 atom stereocenters. The standard InChI is InChI=1S/C20H26O4/c1-13-4-7-16-19(2)9-3-10-20(16,18(22)24-12-19)15(13)6-5-14-8-11-23-17(14)21/h8,15-16H,1,3-7,9-12H2,2H3/t15-,16-,19+,20-/m1/s1. The molecule has 24 heavy (non-hydrogen) atoms. The van der Waals surface area contributed by atoms with E-state index < -0.39 is 5.41 Å². The van der Waals surface area contributed by atoms with Crippen LogP contribution in [-0.2, 0) is 19.1 Å². The zero-order chi connectivity index (χ0) is 16.9. The minimum Gasteiger partial charge on any atom is -0.465 e. The van der Waals surface area contributed by atoms with E-state index in [9.17, 15) is 9.59 Å². The van der Waals surface area contributed by atoms with E-state index in [0.29, 0.717) is 25.6 Å². The molecule has 1 saturated heterocycles. The molecule has 4 rings (SSSR count). The number of cyclic esters (lactones) is 2. The number of carbonyl (C=O) groups excluding carboxylic acids is 2. The molecule has 4 heteroatoms. The molecule has 2 aliphatic heterocycles. The van der Waals surface area contributed by atoms with Gasteiger partial charge in [0.15, 0.2) is 0 Å². The van der Waals surface area contributed by atoms with E-state index in [4.69, 9.17) is 9.47 Å². The maximum atomic E-state index is 13.0. The number of rotatable bonds is 3. The first-order chi connectivity index (χ1) is 11.5. The summed E-state index contributed by atoms with van der Waals surface area (Å²) in [4.78, 5) is 24.7. The molecule has 0 amide bonds. The van der Waals surface area contributed by atoms with Gasteiger partial charge < -0.3 is 9.47 Å². The van der Waals surface area contributed by atoms with Gasteiger partial charge in [0.05, 0.1) is 12.0 Å². The summed E-state index contributed by atoms with van der Waals surface area (Å²) in [5, 5.41) is 0. The summed E-state index contributed by atoms with van der Waals surface area (Å²) in [5.74, 6) is 0.293. The van der Waals surface area contributed by atoms with Crippen LogP contribution in [0, 0.1) is 22.7 Å². The molecule has 130 valence electrons. The molecule has 2 heterocycles. The Morgan fingerprint density at radius 1 is 1.29 bits per heavy atom. The van der Waals surface area contributed by atoms with Gasteiger partial charge in [0.1, 0.15) is 6.61 Å². The number of ether oxygens (including phenoxy) is 2. The van der Waals surface area contributed by atoms with Gasteiger partial charge in [-0.3, -0.25) is 4.79 Å². The lowest BCUT2D eigenvalue weighted by atomic mass is 9.45. The van der Waals surface area contributed by atoms with Crippen LogP contribution >= 0.6 is 0 Å². The second kappa shape index (κ2) is 5.47. The van der Waals surface area contributed by atoms with Crippen molar-refractivity contribution in [3.63, 3.8) is 0 Å². The minimum absolute atomic E-state index is 0.0153. The van der Waals surface area contributed by atoms with Gasteiger partial charge in [-0.25, -0.2) is 4.79 Å². The van der Waals surface area contributed by atoms with E-state index in [0.717, 1.165) is 44.1 Å². The van der Waals surface area contributed by atoms with Crippen LogP contribution in [0.1, 0.15) is 51.9 Å². The summed E-state index contributed by atoms with van der Waals surface area (Å²) in [6, 6.07) is 0. The van der Waals surface area contributed by atoms with Crippen LogP contribution in [0.2, 0.25) is 0 Å². The monoisotopic (exact) mass is 330 g/mol. The van der Waals surface area contributed by atoms with Crippen molar-refractivity contribution in [3.8, 4) is 0 Å². The van der Waals surface area contributed by atoms with Gasteiger partial charge in [0.25, 0.3) is 0 Å². The van der Waals surface area contributed by atoms with Gasteiger partial charge in [-0.1, -0.05) is 25.5 Å². The van der Waals surface area contributed by atoms with Crippen LogP contribution in [0.5, 0.6) is 0 Å². The molecule has 3 fully saturated rings. The van der Waals surface area contributed by atoms with E-state index in [2.05, 4.69) is 13.5 Å². The maximum absolute atomic E-state index is 13.0. The smallest absolute Gasteiger partial charge is 0.334 e. The molecule has 2 aliphatic carbocycles. The van der Waals surface area contributed by atoms with Crippen LogP contribution in [0.25, 0.3) is 0 Å².